The van der Waals surface area contributed by atoms with Crippen LogP contribution in [-0.2, 0) is 6.54 Å². The number of rotatable bonds is 4. The van der Waals surface area contributed by atoms with Crippen molar-refractivity contribution >= 4 is 0 Å². The summed E-state index contributed by atoms with van der Waals surface area (Å²) in [5.41, 5.74) is 7.91. The number of hydrogen-bond acceptors (Lipinski definition) is 4. The van der Waals surface area contributed by atoms with Gasteiger partial charge in [0, 0.05) is 31.4 Å². The van der Waals surface area contributed by atoms with Crippen LogP contribution >= 0.6 is 0 Å². The Morgan fingerprint density at radius 2 is 2.05 bits per heavy atom. The molecule has 0 amide bonds. The number of piperidine rings is 1. The van der Waals surface area contributed by atoms with Crippen molar-refractivity contribution in [2.24, 2.45) is 5.73 Å². The summed E-state index contributed by atoms with van der Waals surface area (Å²) in [6.45, 7) is 7.01. The third-order valence-corrected chi connectivity index (χ3v) is 3.66. The van der Waals surface area contributed by atoms with Gasteiger partial charge >= 0.3 is 0 Å². The van der Waals surface area contributed by atoms with Gasteiger partial charge in [-0.2, -0.15) is 0 Å². The fourth-order valence-electron chi connectivity index (χ4n) is 2.33. The van der Waals surface area contributed by atoms with Gasteiger partial charge in [-0.1, -0.05) is 13.8 Å². The Labute approximate surface area is 116 Å². The minimum atomic E-state index is 0.289. The first-order valence-corrected chi connectivity index (χ1v) is 7.14. The maximum absolute atomic E-state index is 6.04. The lowest BCUT2D eigenvalue weighted by molar-refractivity contribution is 0.109. The highest BCUT2D eigenvalue weighted by Crippen LogP contribution is 2.22. The highest BCUT2D eigenvalue weighted by atomic mass is 16.5. The molecule has 4 heteroatoms. The summed E-state index contributed by atoms with van der Waals surface area (Å²) in [4.78, 5) is 6.94. The first-order chi connectivity index (χ1) is 9.08. The molecule has 4 nitrogen and oxygen atoms in total. The Bertz CT molecular complexity index is 412. The van der Waals surface area contributed by atoms with Gasteiger partial charge in [0.15, 0.2) is 0 Å². The summed E-state index contributed by atoms with van der Waals surface area (Å²) in [5.74, 6) is 1.13. The van der Waals surface area contributed by atoms with Gasteiger partial charge in [0.05, 0.1) is 0 Å². The summed E-state index contributed by atoms with van der Waals surface area (Å²) in [6.07, 6.45) is 2.43. The molecular weight excluding hydrogens is 238 g/mol. The molecule has 2 rings (SSSR count). The fourth-order valence-corrected chi connectivity index (χ4v) is 2.33. The molecule has 1 saturated heterocycles. The van der Waals surface area contributed by atoms with Crippen LogP contribution in [0.2, 0.25) is 0 Å². The van der Waals surface area contributed by atoms with Gasteiger partial charge in [0.1, 0.15) is 6.10 Å². The van der Waals surface area contributed by atoms with Crippen molar-refractivity contribution < 1.29 is 4.74 Å². The molecule has 2 heterocycles. The van der Waals surface area contributed by atoms with Crippen molar-refractivity contribution in [2.45, 2.75) is 45.3 Å². The van der Waals surface area contributed by atoms with Gasteiger partial charge in [-0.25, -0.2) is 4.98 Å². The van der Waals surface area contributed by atoms with E-state index in [0.29, 0.717) is 12.5 Å². The topological polar surface area (TPSA) is 51.4 Å². The number of likely N-dealkylation sites (tertiary alicyclic amines) is 1. The van der Waals surface area contributed by atoms with Gasteiger partial charge in [-0.15, -0.1) is 0 Å². The van der Waals surface area contributed by atoms with Crippen LogP contribution in [0.5, 0.6) is 5.88 Å². The number of hydrogen-bond donors (Lipinski definition) is 1. The number of nitrogens with zero attached hydrogens (tertiary/aromatic N) is 2. The Hall–Kier alpha value is -1.13. The molecule has 1 aliphatic rings. The van der Waals surface area contributed by atoms with Crippen molar-refractivity contribution in [3.8, 4) is 5.88 Å². The molecule has 0 spiro atoms. The van der Waals surface area contributed by atoms with Crippen molar-refractivity contribution in [2.75, 3.05) is 20.1 Å². The van der Waals surface area contributed by atoms with E-state index < -0.39 is 0 Å². The largest absolute Gasteiger partial charge is 0.474 e. The second-order valence-corrected chi connectivity index (χ2v) is 5.72. The van der Waals surface area contributed by atoms with E-state index in [1.165, 1.54) is 0 Å². The zero-order valence-corrected chi connectivity index (χ0v) is 12.2. The van der Waals surface area contributed by atoms with Crippen LogP contribution in [0, 0.1) is 0 Å². The smallest absolute Gasteiger partial charge is 0.214 e. The Kier molecular flexibility index (Phi) is 4.77. The van der Waals surface area contributed by atoms with E-state index in [1.807, 2.05) is 6.07 Å². The molecule has 19 heavy (non-hydrogen) atoms. The van der Waals surface area contributed by atoms with Crippen molar-refractivity contribution in [3.63, 3.8) is 0 Å². The molecule has 0 unspecified atom stereocenters. The monoisotopic (exact) mass is 263 g/mol. The number of nitrogens with two attached hydrogens (primary N) is 1. The molecule has 1 aromatic heterocycles. The molecule has 0 saturated carbocycles. The normalized spacial score (nSPS) is 17.9. The second-order valence-electron chi connectivity index (χ2n) is 5.72. The zero-order valence-electron chi connectivity index (χ0n) is 12.2. The van der Waals surface area contributed by atoms with E-state index in [-0.39, 0.29) is 6.10 Å². The molecule has 0 atom stereocenters. The summed E-state index contributed by atoms with van der Waals surface area (Å²) < 4.78 is 6.04. The molecule has 2 N–H and O–H groups in total. The van der Waals surface area contributed by atoms with Crippen LogP contribution in [0.4, 0.5) is 0 Å². The molecule has 0 aliphatic carbocycles. The Morgan fingerprint density at radius 3 is 2.63 bits per heavy atom. The molecule has 0 aromatic carbocycles. The lowest BCUT2D eigenvalue weighted by Crippen LogP contribution is -2.35. The first kappa shape index (κ1) is 14.3. The quantitative estimate of drug-likeness (QED) is 0.904. The van der Waals surface area contributed by atoms with Gasteiger partial charge < -0.3 is 15.4 Å². The minimum absolute atomic E-state index is 0.289. The van der Waals surface area contributed by atoms with Crippen molar-refractivity contribution in [1.82, 2.24) is 9.88 Å². The lowest BCUT2D eigenvalue weighted by atomic mass is 10.1. The molecular formula is C15H25N3O. The molecule has 1 aromatic rings. The van der Waals surface area contributed by atoms with E-state index >= 15 is 0 Å². The maximum atomic E-state index is 6.04. The molecule has 106 valence electrons. The van der Waals surface area contributed by atoms with Crippen LogP contribution in [0.3, 0.4) is 0 Å². The predicted molar refractivity (Wildman–Crippen MR) is 77.4 cm³/mol. The number of aromatic nitrogens is 1. The molecule has 0 radical (unpaired) electrons. The van der Waals surface area contributed by atoms with E-state index in [4.69, 9.17) is 10.5 Å². The summed E-state index contributed by atoms with van der Waals surface area (Å²) >= 11 is 0. The van der Waals surface area contributed by atoms with E-state index in [0.717, 1.165) is 43.1 Å². The van der Waals surface area contributed by atoms with Crippen LogP contribution < -0.4 is 10.5 Å². The second kappa shape index (κ2) is 6.35. The van der Waals surface area contributed by atoms with Crippen molar-refractivity contribution in [1.29, 1.82) is 0 Å². The summed E-state index contributed by atoms with van der Waals surface area (Å²) in [7, 11) is 2.15. The summed E-state index contributed by atoms with van der Waals surface area (Å²) in [6, 6.07) is 4.05. The summed E-state index contributed by atoms with van der Waals surface area (Å²) in [5, 5.41) is 0. The third-order valence-electron chi connectivity index (χ3n) is 3.66. The van der Waals surface area contributed by atoms with E-state index in [1.54, 1.807) is 0 Å². The Morgan fingerprint density at radius 1 is 1.37 bits per heavy atom. The van der Waals surface area contributed by atoms with E-state index in [2.05, 4.69) is 36.8 Å². The predicted octanol–water partition coefficient (Wildman–Crippen LogP) is 2.14. The van der Waals surface area contributed by atoms with E-state index in [9.17, 15) is 0 Å². The fraction of sp³-hybridized carbons (Fsp3) is 0.667. The van der Waals surface area contributed by atoms with Crippen LogP contribution in [0.25, 0.3) is 0 Å². The van der Waals surface area contributed by atoms with Gasteiger partial charge in [-0.05, 0) is 37.4 Å². The lowest BCUT2D eigenvalue weighted by Gasteiger charge is -2.29. The molecule has 0 bridgehead atoms. The highest BCUT2D eigenvalue weighted by molar-refractivity contribution is 5.26. The zero-order chi connectivity index (χ0) is 13.8. The first-order valence-electron chi connectivity index (χ1n) is 7.14. The van der Waals surface area contributed by atoms with Gasteiger partial charge in [0.2, 0.25) is 5.88 Å². The molecule has 1 fully saturated rings. The average Bonchev–Trinajstić information content (AvgIpc) is 2.41. The SMILES string of the molecule is CC(C)c1cc(CN)cc(OC2CCN(C)CC2)n1. The number of ether oxygens (including phenoxy) is 1. The maximum Gasteiger partial charge on any atom is 0.214 e. The Balaban J connectivity index is 2.08. The van der Waals surface area contributed by atoms with Gasteiger partial charge in [-0.3, -0.25) is 0 Å². The van der Waals surface area contributed by atoms with Crippen LogP contribution in [-0.4, -0.2) is 36.1 Å². The average molecular weight is 263 g/mol. The highest BCUT2D eigenvalue weighted by Gasteiger charge is 2.19. The number of pyridine rings is 1. The van der Waals surface area contributed by atoms with Crippen LogP contribution in [0.1, 0.15) is 43.9 Å². The van der Waals surface area contributed by atoms with Crippen molar-refractivity contribution in [3.05, 3.63) is 23.4 Å². The third kappa shape index (κ3) is 3.91. The van der Waals surface area contributed by atoms with Gasteiger partial charge in [0.25, 0.3) is 0 Å². The van der Waals surface area contributed by atoms with Crippen LogP contribution in [0.15, 0.2) is 12.1 Å². The molecule has 1 aliphatic heterocycles. The standard InChI is InChI=1S/C15H25N3O/c1-11(2)14-8-12(10-16)9-15(17-14)19-13-4-6-18(3)7-5-13/h8-9,11,13H,4-7,10,16H2,1-3H3. The minimum Gasteiger partial charge on any atom is -0.474 e.